The molecule has 0 aliphatic carbocycles. The lowest BCUT2D eigenvalue weighted by molar-refractivity contribution is 0.602. The normalized spacial score (nSPS) is 10.9. The third kappa shape index (κ3) is 2.55. The zero-order chi connectivity index (χ0) is 13.2. The van der Waals surface area contributed by atoms with Gasteiger partial charge in [0, 0.05) is 24.2 Å². The minimum absolute atomic E-state index is 0.252. The van der Waals surface area contributed by atoms with E-state index in [0.29, 0.717) is 5.56 Å². The summed E-state index contributed by atoms with van der Waals surface area (Å²) < 4.78 is 22.9. The molecule has 90 valence electrons. The summed E-state index contributed by atoms with van der Waals surface area (Å²) in [6.45, 7) is 0. The molecule has 0 bridgehead atoms. The molecule has 0 atom stereocenters. The average molecular weight is 258 g/mol. The summed E-state index contributed by atoms with van der Waals surface area (Å²) in [7, 11) is -3.23. The summed E-state index contributed by atoms with van der Waals surface area (Å²) in [6.07, 6.45) is 4.22. The summed E-state index contributed by atoms with van der Waals surface area (Å²) in [5.41, 5.74) is 1.89. The van der Waals surface area contributed by atoms with E-state index in [0.717, 1.165) is 17.4 Å². The highest BCUT2D eigenvalue weighted by molar-refractivity contribution is 7.90. The van der Waals surface area contributed by atoms with Crippen LogP contribution < -0.4 is 0 Å². The Bertz CT molecular complexity index is 731. The second-order valence-electron chi connectivity index (χ2n) is 3.87. The molecule has 5 heteroatoms. The molecule has 2 aromatic rings. The molecule has 0 saturated heterocycles. The Morgan fingerprint density at radius 2 is 1.94 bits per heavy atom. The first-order valence-electron chi connectivity index (χ1n) is 5.16. The number of nitriles is 1. The zero-order valence-corrected chi connectivity index (χ0v) is 10.5. The maximum atomic E-state index is 11.5. The van der Waals surface area contributed by atoms with Crippen molar-refractivity contribution < 1.29 is 8.42 Å². The Labute approximate surface area is 105 Å². The molecule has 0 saturated carbocycles. The maximum absolute atomic E-state index is 11.5. The average Bonchev–Trinajstić information content (AvgIpc) is 2.38. The smallest absolute Gasteiger partial charge is 0.175 e. The monoisotopic (exact) mass is 258 g/mol. The van der Waals surface area contributed by atoms with Crippen LogP contribution in [0.5, 0.6) is 0 Å². The molecule has 4 nitrogen and oxygen atoms in total. The third-order valence-corrected chi connectivity index (χ3v) is 3.57. The van der Waals surface area contributed by atoms with Crippen LogP contribution in [0, 0.1) is 11.3 Å². The van der Waals surface area contributed by atoms with E-state index in [1.807, 2.05) is 6.07 Å². The highest BCUT2D eigenvalue weighted by Gasteiger charge is 2.08. The third-order valence-electron chi connectivity index (χ3n) is 2.46. The maximum Gasteiger partial charge on any atom is 0.175 e. The van der Waals surface area contributed by atoms with Crippen molar-refractivity contribution in [1.82, 2.24) is 4.98 Å². The van der Waals surface area contributed by atoms with Gasteiger partial charge in [-0.15, -0.1) is 0 Å². The van der Waals surface area contributed by atoms with Crippen LogP contribution in [0.25, 0.3) is 11.1 Å². The topological polar surface area (TPSA) is 70.8 Å². The zero-order valence-electron chi connectivity index (χ0n) is 9.66. The molecule has 0 aliphatic heterocycles. The van der Waals surface area contributed by atoms with Crippen LogP contribution >= 0.6 is 0 Å². The van der Waals surface area contributed by atoms with E-state index in [4.69, 9.17) is 5.26 Å². The number of rotatable bonds is 2. The van der Waals surface area contributed by atoms with Gasteiger partial charge in [-0.3, -0.25) is 4.98 Å². The predicted molar refractivity (Wildman–Crippen MR) is 67.5 cm³/mol. The summed E-state index contributed by atoms with van der Waals surface area (Å²) in [6, 6.07) is 10.3. The van der Waals surface area contributed by atoms with Crippen LogP contribution in [-0.2, 0) is 9.84 Å². The first kappa shape index (κ1) is 12.3. The number of hydrogen-bond donors (Lipinski definition) is 0. The van der Waals surface area contributed by atoms with E-state index in [1.54, 1.807) is 36.5 Å². The SMILES string of the molecule is CS(=O)(=O)c1cccc(-c2cncc(C#N)c2)c1. The van der Waals surface area contributed by atoms with Gasteiger partial charge in [-0.2, -0.15) is 5.26 Å². The molecule has 0 spiro atoms. The van der Waals surface area contributed by atoms with E-state index in [-0.39, 0.29) is 4.90 Å². The lowest BCUT2D eigenvalue weighted by atomic mass is 10.1. The predicted octanol–water partition coefficient (Wildman–Crippen LogP) is 2.02. The van der Waals surface area contributed by atoms with Crippen LogP contribution in [0.2, 0.25) is 0 Å². The molecule has 0 amide bonds. The quantitative estimate of drug-likeness (QED) is 0.826. The van der Waals surface area contributed by atoms with Gasteiger partial charge in [0.05, 0.1) is 10.5 Å². The molecule has 1 aromatic heterocycles. The Hall–Kier alpha value is -2.19. The highest BCUT2D eigenvalue weighted by Crippen LogP contribution is 2.22. The van der Waals surface area contributed by atoms with Gasteiger partial charge >= 0.3 is 0 Å². The second kappa shape index (κ2) is 4.59. The minimum atomic E-state index is -3.23. The fraction of sp³-hybridized carbons (Fsp3) is 0.0769. The van der Waals surface area contributed by atoms with E-state index in [2.05, 4.69) is 4.98 Å². The number of hydrogen-bond acceptors (Lipinski definition) is 4. The first-order valence-corrected chi connectivity index (χ1v) is 7.05. The molecule has 0 fully saturated rings. The molecule has 2 rings (SSSR count). The lowest BCUT2D eigenvalue weighted by Crippen LogP contribution is -1.96. The number of sulfone groups is 1. The summed E-state index contributed by atoms with van der Waals surface area (Å²) in [5, 5.41) is 8.81. The molecule has 0 unspecified atom stereocenters. The van der Waals surface area contributed by atoms with Crippen molar-refractivity contribution >= 4 is 9.84 Å². The number of pyridine rings is 1. The van der Waals surface area contributed by atoms with Gasteiger partial charge in [0.15, 0.2) is 9.84 Å². The Morgan fingerprint density at radius 1 is 1.17 bits per heavy atom. The van der Waals surface area contributed by atoms with E-state index in [9.17, 15) is 8.42 Å². The Morgan fingerprint density at radius 3 is 2.61 bits per heavy atom. The Kier molecular flexibility index (Phi) is 3.13. The van der Waals surface area contributed by atoms with Crippen LogP contribution in [0.3, 0.4) is 0 Å². The van der Waals surface area contributed by atoms with Gasteiger partial charge in [-0.25, -0.2) is 8.42 Å². The van der Waals surface area contributed by atoms with Crippen molar-refractivity contribution in [3.63, 3.8) is 0 Å². The lowest BCUT2D eigenvalue weighted by Gasteiger charge is -2.04. The molecule has 0 aliphatic rings. The first-order chi connectivity index (χ1) is 8.50. The van der Waals surface area contributed by atoms with Crippen molar-refractivity contribution in [3.8, 4) is 17.2 Å². The van der Waals surface area contributed by atoms with Crippen LogP contribution in [0.4, 0.5) is 0 Å². The fourth-order valence-electron chi connectivity index (χ4n) is 1.57. The number of nitrogens with zero attached hydrogens (tertiary/aromatic N) is 2. The fourth-order valence-corrected chi connectivity index (χ4v) is 2.23. The van der Waals surface area contributed by atoms with E-state index >= 15 is 0 Å². The standard InChI is InChI=1S/C13H10N2O2S/c1-18(16,17)13-4-2-3-11(6-13)12-5-10(7-14)8-15-9-12/h2-6,8-9H,1H3. The summed E-state index contributed by atoms with van der Waals surface area (Å²) >= 11 is 0. The van der Waals surface area contributed by atoms with Crippen LogP contribution in [0.15, 0.2) is 47.6 Å². The van der Waals surface area contributed by atoms with Gasteiger partial charge in [0.1, 0.15) is 6.07 Å². The molecular formula is C13H10N2O2S. The van der Waals surface area contributed by atoms with Gasteiger partial charge in [0.2, 0.25) is 0 Å². The highest BCUT2D eigenvalue weighted by atomic mass is 32.2. The van der Waals surface area contributed by atoms with Gasteiger partial charge in [0.25, 0.3) is 0 Å². The Balaban J connectivity index is 2.55. The van der Waals surface area contributed by atoms with Crippen molar-refractivity contribution in [2.24, 2.45) is 0 Å². The van der Waals surface area contributed by atoms with Gasteiger partial charge in [-0.1, -0.05) is 12.1 Å². The largest absolute Gasteiger partial charge is 0.263 e. The molecule has 0 N–H and O–H groups in total. The van der Waals surface area contributed by atoms with Gasteiger partial charge in [-0.05, 0) is 23.8 Å². The van der Waals surface area contributed by atoms with Crippen LogP contribution in [0.1, 0.15) is 5.56 Å². The van der Waals surface area contributed by atoms with E-state index in [1.165, 1.54) is 6.20 Å². The van der Waals surface area contributed by atoms with Crippen molar-refractivity contribution in [2.75, 3.05) is 6.26 Å². The summed E-state index contributed by atoms with van der Waals surface area (Å²) in [4.78, 5) is 4.20. The number of benzene rings is 1. The minimum Gasteiger partial charge on any atom is -0.263 e. The second-order valence-corrected chi connectivity index (χ2v) is 5.89. The van der Waals surface area contributed by atoms with Crippen molar-refractivity contribution in [1.29, 1.82) is 5.26 Å². The summed E-state index contributed by atoms with van der Waals surface area (Å²) in [5.74, 6) is 0. The molecular weight excluding hydrogens is 248 g/mol. The van der Waals surface area contributed by atoms with Crippen molar-refractivity contribution in [2.45, 2.75) is 4.90 Å². The van der Waals surface area contributed by atoms with Crippen molar-refractivity contribution in [3.05, 3.63) is 48.3 Å². The van der Waals surface area contributed by atoms with Gasteiger partial charge < -0.3 is 0 Å². The molecule has 1 aromatic carbocycles. The van der Waals surface area contributed by atoms with E-state index < -0.39 is 9.84 Å². The molecule has 18 heavy (non-hydrogen) atoms. The molecule has 0 radical (unpaired) electrons. The van der Waals surface area contributed by atoms with Crippen LogP contribution in [-0.4, -0.2) is 19.7 Å². The molecule has 1 heterocycles. The number of aromatic nitrogens is 1.